The number of carboxylic acid groups (broad SMARTS) is 1. The van der Waals surface area contributed by atoms with Crippen LogP contribution in [-0.4, -0.2) is 27.0 Å². The van der Waals surface area contributed by atoms with Crippen LogP contribution in [0.1, 0.15) is 32.2 Å². The molecule has 2 N–H and O–H groups in total. The van der Waals surface area contributed by atoms with E-state index in [1.54, 1.807) is 19.1 Å². The molecule has 0 bridgehead atoms. The maximum atomic E-state index is 12.1. The zero-order chi connectivity index (χ0) is 14.7. The van der Waals surface area contributed by atoms with Crippen molar-refractivity contribution in [1.29, 1.82) is 0 Å². The van der Waals surface area contributed by atoms with Crippen LogP contribution in [0.5, 0.6) is 0 Å². The third-order valence-electron chi connectivity index (χ3n) is 2.68. The average molecular weight is 271 g/mol. The van der Waals surface area contributed by atoms with Crippen molar-refractivity contribution in [2.45, 2.75) is 13.8 Å². The van der Waals surface area contributed by atoms with Gasteiger partial charge in [-0.2, -0.15) is 0 Å². The van der Waals surface area contributed by atoms with Gasteiger partial charge in [-0.3, -0.25) is 9.78 Å². The number of carbonyl (C=O) groups excluding carboxylic acids is 1. The van der Waals surface area contributed by atoms with Gasteiger partial charge in [0.15, 0.2) is 5.69 Å². The molecule has 2 heterocycles. The van der Waals surface area contributed by atoms with Crippen LogP contribution in [0.25, 0.3) is 0 Å². The number of aryl methyl sites for hydroxylation is 2. The van der Waals surface area contributed by atoms with Gasteiger partial charge in [0.2, 0.25) is 0 Å². The highest BCUT2D eigenvalue weighted by molar-refractivity contribution is 6.04. The van der Waals surface area contributed by atoms with Gasteiger partial charge in [0.05, 0.1) is 11.3 Å². The minimum absolute atomic E-state index is 0.124. The number of carboxylic acids is 1. The number of aromatic carboxylic acids is 1. The first-order valence-corrected chi connectivity index (χ1v) is 5.93. The lowest BCUT2D eigenvalue weighted by atomic mass is 10.1. The Morgan fingerprint density at radius 2 is 1.85 bits per heavy atom. The van der Waals surface area contributed by atoms with Crippen LogP contribution in [0.4, 0.5) is 5.82 Å². The van der Waals surface area contributed by atoms with Gasteiger partial charge in [0, 0.05) is 5.69 Å². The summed E-state index contributed by atoms with van der Waals surface area (Å²) in [5.41, 5.74) is 1.74. The number of amides is 1. The summed E-state index contributed by atoms with van der Waals surface area (Å²) >= 11 is 0. The van der Waals surface area contributed by atoms with Gasteiger partial charge in [-0.1, -0.05) is 6.07 Å². The molecule has 6 heteroatoms. The van der Waals surface area contributed by atoms with Gasteiger partial charge in [-0.15, -0.1) is 0 Å². The summed E-state index contributed by atoms with van der Waals surface area (Å²) < 4.78 is 0. The van der Waals surface area contributed by atoms with Gasteiger partial charge in [-0.05, 0) is 38.1 Å². The Balaban J connectivity index is 2.23. The molecule has 0 radical (unpaired) electrons. The number of carbonyl (C=O) groups is 2. The molecule has 6 nitrogen and oxygen atoms in total. The molecule has 0 saturated heterocycles. The van der Waals surface area contributed by atoms with E-state index in [2.05, 4.69) is 15.3 Å². The van der Waals surface area contributed by atoms with Crippen LogP contribution in [0, 0.1) is 13.8 Å². The Morgan fingerprint density at radius 1 is 1.10 bits per heavy atom. The molecule has 0 unspecified atom stereocenters. The Morgan fingerprint density at radius 3 is 2.50 bits per heavy atom. The lowest BCUT2D eigenvalue weighted by Crippen LogP contribution is -2.16. The molecule has 1 amide bonds. The van der Waals surface area contributed by atoms with Crippen molar-refractivity contribution >= 4 is 17.7 Å². The van der Waals surface area contributed by atoms with E-state index in [1.165, 1.54) is 18.2 Å². The molecule has 2 aromatic heterocycles. The average Bonchev–Trinajstić information content (AvgIpc) is 2.38. The van der Waals surface area contributed by atoms with Crippen LogP contribution in [-0.2, 0) is 0 Å². The first kappa shape index (κ1) is 13.7. The molecule has 0 aliphatic heterocycles. The zero-order valence-electron chi connectivity index (χ0n) is 11.0. The standard InChI is InChI=1S/C14H13N3O3/c1-8-6-7-10(9(2)15-8)13(18)17-12-5-3-4-11(16-12)14(19)20/h3-7H,1-2H3,(H,19,20)(H,16,17,18). The maximum Gasteiger partial charge on any atom is 0.354 e. The van der Waals surface area contributed by atoms with Crippen molar-refractivity contribution < 1.29 is 14.7 Å². The number of hydrogen-bond donors (Lipinski definition) is 2. The normalized spacial score (nSPS) is 10.1. The van der Waals surface area contributed by atoms with E-state index in [1.807, 2.05) is 6.92 Å². The predicted octanol–water partition coefficient (Wildman–Crippen LogP) is 2.04. The highest BCUT2D eigenvalue weighted by Crippen LogP contribution is 2.11. The van der Waals surface area contributed by atoms with E-state index in [0.717, 1.165) is 5.69 Å². The highest BCUT2D eigenvalue weighted by atomic mass is 16.4. The number of hydrogen-bond acceptors (Lipinski definition) is 4. The van der Waals surface area contributed by atoms with E-state index >= 15 is 0 Å². The molecule has 0 aromatic carbocycles. The number of pyridine rings is 2. The van der Waals surface area contributed by atoms with E-state index in [-0.39, 0.29) is 17.4 Å². The molecule has 0 aliphatic rings. The summed E-state index contributed by atoms with van der Waals surface area (Å²) in [6.07, 6.45) is 0. The summed E-state index contributed by atoms with van der Waals surface area (Å²) in [5, 5.41) is 11.4. The number of rotatable bonds is 3. The smallest absolute Gasteiger partial charge is 0.354 e. The lowest BCUT2D eigenvalue weighted by molar-refractivity contribution is 0.0690. The quantitative estimate of drug-likeness (QED) is 0.891. The fourth-order valence-electron chi connectivity index (χ4n) is 1.73. The third-order valence-corrected chi connectivity index (χ3v) is 2.68. The summed E-state index contributed by atoms with van der Waals surface area (Å²) in [4.78, 5) is 30.9. The molecule has 0 fully saturated rings. The molecule has 0 atom stereocenters. The molecular weight excluding hydrogens is 258 g/mol. The van der Waals surface area contributed by atoms with E-state index in [9.17, 15) is 9.59 Å². The zero-order valence-corrected chi connectivity index (χ0v) is 11.0. The van der Waals surface area contributed by atoms with Gasteiger partial charge in [0.25, 0.3) is 5.91 Å². The number of anilines is 1. The monoisotopic (exact) mass is 271 g/mol. The fraction of sp³-hybridized carbons (Fsp3) is 0.143. The number of aromatic nitrogens is 2. The van der Waals surface area contributed by atoms with Gasteiger partial charge < -0.3 is 10.4 Å². The minimum atomic E-state index is -1.14. The van der Waals surface area contributed by atoms with Crippen molar-refractivity contribution in [3.8, 4) is 0 Å². The van der Waals surface area contributed by atoms with Crippen LogP contribution in [0.3, 0.4) is 0 Å². The van der Waals surface area contributed by atoms with Gasteiger partial charge in [-0.25, -0.2) is 9.78 Å². The van der Waals surface area contributed by atoms with Crippen LogP contribution >= 0.6 is 0 Å². The second-order valence-corrected chi connectivity index (χ2v) is 4.25. The minimum Gasteiger partial charge on any atom is -0.477 e. The highest BCUT2D eigenvalue weighted by Gasteiger charge is 2.12. The summed E-state index contributed by atoms with van der Waals surface area (Å²) in [5.74, 6) is -1.32. The van der Waals surface area contributed by atoms with Crippen molar-refractivity contribution in [1.82, 2.24) is 9.97 Å². The first-order chi connectivity index (χ1) is 9.47. The van der Waals surface area contributed by atoms with Gasteiger partial charge >= 0.3 is 5.97 Å². The van der Waals surface area contributed by atoms with Crippen LogP contribution in [0.15, 0.2) is 30.3 Å². The molecular formula is C14H13N3O3. The SMILES string of the molecule is Cc1ccc(C(=O)Nc2cccc(C(=O)O)n2)c(C)n1. The largest absolute Gasteiger partial charge is 0.477 e. The summed E-state index contributed by atoms with van der Waals surface area (Å²) in [6.45, 7) is 3.58. The Bertz CT molecular complexity index is 683. The second kappa shape index (κ2) is 5.48. The van der Waals surface area contributed by atoms with Crippen molar-refractivity contribution in [2.24, 2.45) is 0 Å². The molecule has 2 aromatic rings. The first-order valence-electron chi connectivity index (χ1n) is 5.93. The Kier molecular flexibility index (Phi) is 3.74. The molecule has 0 saturated carbocycles. The van der Waals surface area contributed by atoms with Crippen molar-refractivity contribution in [3.63, 3.8) is 0 Å². The Hall–Kier alpha value is -2.76. The maximum absolute atomic E-state index is 12.1. The number of nitrogens with one attached hydrogen (secondary N) is 1. The topological polar surface area (TPSA) is 92.2 Å². The second-order valence-electron chi connectivity index (χ2n) is 4.25. The van der Waals surface area contributed by atoms with E-state index in [4.69, 9.17) is 5.11 Å². The molecule has 0 aliphatic carbocycles. The van der Waals surface area contributed by atoms with Crippen molar-refractivity contribution in [3.05, 3.63) is 53.0 Å². The Labute approximate surface area is 115 Å². The van der Waals surface area contributed by atoms with Crippen LogP contribution < -0.4 is 5.32 Å². The fourth-order valence-corrected chi connectivity index (χ4v) is 1.73. The van der Waals surface area contributed by atoms with Crippen LogP contribution in [0.2, 0.25) is 0 Å². The number of nitrogens with zero attached hydrogens (tertiary/aromatic N) is 2. The molecule has 2 rings (SSSR count). The predicted molar refractivity (Wildman–Crippen MR) is 72.9 cm³/mol. The summed E-state index contributed by atoms with van der Waals surface area (Å²) in [7, 11) is 0. The molecule has 0 spiro atoms. The van der Waals surface area contributed by atoms with Crippen molar-refractivity contribution in [2.75, 3.05) is 5.32 Å². The lowest BCUT2D eigenvalue weighted by Gasteiger charge is -2.07. The molecule has 102 valence electrons. The summed E-state index contributed by atoms with van der Waals surface area (Å²) in [6, 6.07) is 7.82. The van der Waals surface area contributed by atoms with Gasteiger partial charge in [0.1, 0.15) is 5.82 Å². The van der Waals surface area contributed by atoms with E-state index < -0.39 is 5.97 Å². The molecule has 20 heavy (non-hydrogen) atoms. The van der Waals surface area contributed by atoms with E-state index in [0.29, 0.717) is 11.3 Å². The third kappa shape index (κ3) is 2.97.